The van der Waals surface area contributed by atoms with E-state index in [0.717, 1.165) is 19.3 Å². The van der Waals surface area contributed by atoms with E-state index in [2.05, 4.69) is 15.4 Å². The lowest BCUT2D eigenvalue weighted by molar-refractivity contribution is -0.117. The number of amides is 1. The van der Waals surface area contributed by atoms with Gasteiger partial charge in [-0.3, -0.25) is 9.52 Å². The highest BCUT2D eigenvalue weighted by molar-refractivity contribution is 7.92. The summed E-state index contributed by atoms with van der Waals surface area (Å²) in [6, 6.07) is 6.74. The largest absolute Gasteiger partial charge is 0.324 e. The summed E-state index contributed by atoms with van der Waals surface area (Å²) in [5.41, 5.74) is 0.857. The molecule has 19 heavy (non-hydrogen) atoms. The number of benzene rings is 1. The third-order valence-electron chi connectivity index (χ3n) is 2.84. The Balaban J connectivity index is 2.04. The summed E-state index contributed by atoms with van der Waals surface area (Å²) < 4.78 is 24.9. The smallest absolute Gasteiger partial charge is 0.229 e. The van der Waals surface area contributed by atoms with Gasteiger partial charge in [0.1, 0.15) is 0 Å². The minimum Gasteiger partial charge on any atom is -0.324 e. The summed E-state index contributed by atoms with van der Waals surface area (Å²) in [5.74, 6) is 0.268. The molecule has 2 rings (SSSR count). The molecular weight excluding hydrogens is 266 g/mol. The highest BCUT2D eigenvalue weighted by atomic mass is 32.2. The van der Waals surface area contributed by atoms with Crippen LogP contribution in [0.1, 0.15) is 6.42 Å². The molecule has 1 aliphatic heterocycles. The first-order valence-electron chi connectivity index (χ1n) is 6.01. The minimum atomic E-state index is -3.36. The van der Waals surface area contributed by atoms with Crippen molar-refractivity contribution < 1.29 is 13.2 Å². The molecule has 1 heterocycles. The van der Waals surface area contributed by atoms with Crippen LogP contribution in [0.2, 0.25) is 0 Å². The number of carbonyl (C=O) groups excluding carboxylic acids is 1. The summed E-state index contributed by atoms with van der Waals surface area (Å²) in [7, 11) is -3.36. The van der Waals surface area contributed by atoms with Crippen LogP contribution in [0.3, 0.4) is 0 Å². The maximum Gasteiger partial charge on any atom is 0.229 e. The van der Waals surface area contributed by atoms with Gasteiger partial charge >= 0.3 is 0 Å². The standard InChI is InChI=1S/C12H17N3O3S/c1-19(17,18)15-11-5-3-2-4-10(11)14-12(16)6-9-7-13-8-9/h2-5,9,13,15H,6-8H2,1H3,(H,14,16). The predicted octanol–water partition coefficient (Wildman–Crippen LogP) is 0.606. The van der Waals surface area contributed by atoms with Gasteiger partial charge in [0.25, 0.3) is 0 Å². The number of nitrogens with one attached hydrogen (secondary N) is 3. The van der Waals surface area contributed by atoms with Crippen molar-refractivity contribution in [2.24, 2.45) is 5.92 Å². The van der Waals surface area contributed by atoms with Crippen molar-refractivity contribution in [1.29, 1.82) is 0 Å². The zero-order valence-electron chi connectivity index (χ0n) is 10.6. The molecular formula is C12H17N3O3S. The fraction of sp³-hybridized carbons (Fsp3) is 0.417. The average Bonchev–Trinajstić information content (AvgIpc) is 2.24. The second kappa shape index (κ2) is 5.58. The Kier molecular flexibility index (Phi) is 4.06. The molecule has 1 fully saturated rings. The molecule has 104 valence electrons. The van der Waals surface area contributed by atoms with Crippen LogP contribution in [0, 0.1) is 5.92 Å². The zero-order chi connectivity index (χ0) is 13.9. The Morgan fingerprint density at radius 2 is 1.95 bits per heavy atom. The lowest BCUT2D eigenvalue weighted by Gasteiger charge is -2.26. The lowest BCUT2D eigenvalue weighted by Crippen LogP contribution is -2.43. The highest BCUT2D eigenvalue weighted by Crippen LogP contribution is 2.22. The van der Waals surface area contributed by atoms with Gasteiger partial charge in [-0.2, -0.15) is 0 Å². The summed E-state index contributed by atoms with van der Waals surface area (Å²) in [6.45, 7) is 1.72. The predicted molar refractivity (Wildman–Crippen MR) is 74.5 cm³/mol. The monoisotopic (exact) mass is 283 g/mol. The molecule has 1 amide bonds. The van der Waals surface area contributed by atoms with E-state index in [1.807, 2.05) is 0 Å². The number of para-hydroxylation sites is 2. The van der Waals surface area contributed by atoms with Gasteiger partial charge in [-0.25, -0.2) is 8.42 Å². The van der Waals surface area contributed by atoms with E-state index in [4.69, 9.17) is 0 Å². The van der Waals surface area contributed by atoms with Crippen LogP contribution in [-0.4, -0.2) is 33.7 Å². The minimum absolute atomic E-state index is 0.103. The Bertz CT molecular complexity index is 567. The summed E-state index contributed by atoms with van der Waals surface area (Å²) in [5, 5.41) is 5.84. The molecule has 0 atom stereocenters. The molecule has 1 aliphatic rings. The van der Waals surface area contributed by atoms with Crippen molar-refractivity contribution in [3.05, 3.63) is 24.3 Å². The molecule has 7 heteroatoms. The quantitative estimate of drug-likeness (QED) is 0.738. The van der Waals surface area contributed by atoms with Gasteiger partial charge in [-0.15, -0.1) is 0 Å². The van der Waals surface area contributed by atoms with Gasteiger partial charge in [0.2, 0.25) is 15.9 Å². The average molecular weight is 283 g/mol. The Morgan fingerprint density at radius 3 is 2.47 bits per heavy atom. The molecule has 3 N–H and O–H groups in total. The molecule has 0 bridgehead atoms. The number of carbonyl (C=O) groups is 1. The Morgan fingerprint density at radius 1 is 1.32 bits per heavy atom. The van der Waals surface area contributed by atoms with Crippen LogP contribution in [0.15, 0.2) is 24.3 Å². The number of rotatable bonds is 5. The maximum absolute atomic E-state index is 11.8. The van der Waals surface area contributed by atoms with Gasteiger partial charge in [0.05, 0.1) is 17.6 Å². The van der Waals surface area contributed by atoms with Gasteiger partial charge in [0.15, 0.2) is 0 Å². The van der Waals surface area contributed by atoms with E-state index >= 15 is 0 Å². The van der Waals surface area contributed by atoms with E-state index in [0.29, 0.717) is 23.7 Å². The van der Waals surface area contributed by atoms with Crippen molar-refractivity contribution in [3.8, 4) is 0 Å². The summed E-state index contributed by atoms with van der Waals surface area (Å²) >= 11 is 0. The normalized spacial score (nSPS) is 15.6. The zero-order valence-corrected chi connectivity index (χ0v) is 11.5. The number of hydrogen-bond donors (Lipinski definition) is 3. The molecule has 0 spiro atoms. The lowest BCUT2D eigenvalue weighted by atomic mass is 9.99. The van der Waals surface area contributed by atoms with E-state index in [-0.39, 0.29) is 5.91 Å². The molecule has 0 unspecified atom stereocenters. The first-order chi connectivity index (χ1) is 8.94. The van der Waals surface area contributed by atoms with Crippen LogP contribution in [0.4, 0.5) is 11.4 Å². The van der Waals surface area contributed by atoms with Crippen molar-refractivity contribution >= 4 is 27.3 Å². The second-order valence-electron chi connectivity index (χ2n) is 4.70. The third kappa shape index (κ3) is 4.22. The summed E-state index contributed by atoms with van der Waals surface area (Å²) in [4.78, 5) is 11.8. The molecule has 0 saturated carbocycles. The second-order valence-corrected chi connectivity index (χ2v) is 6.44. The number of sulfonamides is 1. The van der Waals surface area contributed by atoms with E-state index in [1.165, 1.54) is 0 Å². The van der Waals surface area contributed by atoms with Gasteiger partial charge in [0, 0.05) is 6.42 Å². The first kappa shape index (κ1) is 13.8. The first-order valence-corrected chi connectivity index (χ1v) is 7.90. The van der Waals surface area contributed by atoms with E-state index < -0.39 is 10.0 Å². The number of anilines is 2. The van der Waals surface area contributed by atoms with Crippen LogP contribution < -0.4 is 15.4 Å². The van der Waals surface area contributed by atoms with Crippen molar-refractivity contribution in [3.63, 3.8) is 0 Å². The van der Waals surface area contributed by atoms with Crippen LogP contribution >= 0.6 is 0 Å². The van der Waals surface area contributed by atoms with Gasteiger partial charge in [-0.1, -0.05) is 12.1 Å². The third-order valence-corrected chi connectivity index (χ3v) is 3.43. The molecule has 1 saturated heterocycles. The molecule has 0 aromatic heterocycles. The van der Waals surface area contributed by atoms with Crippen LogP contribution in [-0.2, 0) is 14.8 Å². The molecule has 0 aliphatic carbocycles. The highest BCUT2D eigenvalue weighted by Gasteiger charge is 2.20. The topological polar surface area (TPSA) is 87.3 Å². The Labute approximate surface area is 112 Å². The number of hydrogen-bond acceptors (Lipinski definition) is 4. The molecule has 1 aromatic rings. The van der Waals surface area contributed by atoms with Crippen LogP contribution in [0.5, 0.6) is 0 Å². The van der Waals surface area contributed by atoms with E-state index in [9.17, 15) is 13.2 Å². The van der Waals surface area contributed by atoms with Crippen molar-refractivity contribution in [1.82, 2.24) is 5.32 Å². The van der Waals surface area contributed by atoms with Gasteiger partial charge in [-0.05, 0) is 31.1 Å². The SMILES string of the molecule is CS(=O)(=O)Nc1ccccc1NC(=O)CC1CNC1. The fourth-order valence-electron chi connectivity index (χ4n) is 1.84. The van der Waals surface area contributed by atoms with E-state index in [1.54, 1.807) is 24.3 Å². The molecule has 0 radical (unpaired) electrons. The van der Waals surface area contributed by atoms with Crippen molar-refractivity contribution in [2.45, 2.75) is 6.42 Å². The van der Waals surface area contributed by atoms with Crippen molar-refractivity contribution in [2.75, 3.05) is 29.4 Å². The van der Waals surface area contributed by atoms with Gasteiger partial charge < -0.3 is 10.6 Å². The molecule has 6 nitrogen and oxygen atoms in total. The molecule has 1 aromatic carbocycles. The Hall–Kier alpha value is -1.60. The van der Waals surface area contributed by atoms with Crippen LogP contribution in [0.25, 0.3) is 0 Å². The maximum atomic E-state index is 11.8. The summed E-state index contributed by atoms with van der Waals surface area (Å²) in [6.07, 6.45) is 1.52. The fourth-order valence-corrected chi connectivity index (χ4v) is 2.41.